The van der Waals surface area contributed by atoms with Crippen LogP contribution < -0.4 is 21.9 Å². The van der Waals surface area contributed by atoms with Crippen LogP contribution in [0.4, 0.5) is 11.6 Å². The van der Waals surface area contributed by atoms with Gasteiger partial charge in [-0.05, 0) is 37.6 Å². The van der Waals surface area contributed by atoms with E-state index in [-0.39, 0.29) is 28.8 Å². The molecule has 0 radical (unpaired) electrons. The minimum atomic E-state index is -0.662. The summed E-state index contributed by atoms with van der Waals surface area (Å²) < 4.78 is 0. The molecule has 3 aromatic rings. The van der Waals surface area contributed by atoms with E-state index in [9.17, 15) is 14.4 Å². The highest BCUT2D eigenvalue weighted by molar-refractivity contribution is 5.97. The lowest BCUT2D eigenvalue weighted by molar-refractivity contribution is -0.118. The molecule has 0 fully saturated rings. The Morgan fingerprint density at radius 2 is 1.97 bits per heavy atom. The monoisotopic (exact) mass is 433 g/mol. The summed E-state index contributed by atoms with van der Waals surface area (Å²) in [5.74, 6) is -0.542. The summed E-state index contributed by atoms with van der Waals surface area (Å²) in [4.78, 5) is 51.0. The number of anilines is 2. The third-order valence-electron chi connectivity index (χ3n) is 4.66. The van der Waals surface area contributed by atoms with Gasteiger partial charge < -0.3 is 16.4 Å². The lowest BCUT2D eigenvalue weighted by atomic mass is 10.0. The summed E-state index contributed by atoms with van der Waals surface area (Å²) in [6.07, 6.45) is 3.37. The first-order valence-electron chi connectivity index (χ1n) is 9.73. The van der Waals surface area contributed by atoms with E-state index in [0.717, 1.165) is 5.69 Å². The Morgan fingerprint density at radius 3 is 2.62 bits per heavy atom. The summed E-state index contributed by atoms with van der Waals surface area (Å²) in [6, 6.07) is 6.07. The van der Waals surface area contributed by atoms with Crippen LogP contribution in [0, 0.1) is 0 Å². The molecule has 32 heavy (non-hydrogen) atoms. The second kappa shape index (κ2) is 9.65. The van der Waals surface area contributed by atoms with Crippen molar-refractivity contribution in [1.29, 1.82) is 0 Å². The number of rotatable bonds is 9. The first-order chi connectivity index (χ1) is 15.3. The fourth-order valence-electron chi connectivity index (χ4n) is 2.87. The zero-order valence-corrected chi connectivity index (χ0v) is 17.5. The molecule has 3 rings (SSSR count). The Balaban J connectivity index is 1.64. The van der Waals surface area contributed by atoms with Gasteiger partial charge in [-0.25, -0.2) is 9.97 Å². The predicted molar refractivity (Wildman–Crippen MR) is 122 cm³/mol. The molecular weight excluding hydrogens is 410 g/mol. The second-order valence-electron chi connectivity index (χ2n) is 7.12. The first kappa shape index (κ1) is 22.3. The fraction of sp³-hybridized carbons (Fsp3) is 0.182. The van der Waals surface area contributed by atoms with Gasteiger partial charge in [0.2, 0.25) is 5.95 Å². The molecule has 2 heterocycles. The third kappa shape index (κ3) is 5.42. The van der Waals surface area contributed by atoms with Crippen LogP contribution in [0.2, 0.25) is 0 Å². The number of H-pyrrole nitrogens is 1. The average Bonchev–Trinajstić information content (AvgIpc) is 2.77. The largest absolute Gasteiger partial charge is 0.379 e. The fourth-order valence-corrected chi connectivity index (χ4v) is 2.87. The van der Waals surface area contributed by atoms with E-state index in [1.54, 1.807) is 30.3 Å². The number of nitrogens with two attached hydrogens (primary N) is 1. The van der Waals surface area contributed by atoms with Crippen molar-refractivity contribution in [3.63, 3.8) is 0 Å². The second-order valence-corrected chi connectivity index (χ2v) is 7.12. The molecule has 164 valence electrons. The van der Waals surface area contributed by atoms with Crippen LogP contribution in [0.1, 0.15) is 29.4 Å². The lowest BCUT2D eigenvalue weighted by Crippen LogP contribution is -2.39. The number of carbonyl (C=O) groups excluding carboxylic acids is 2. The van der Waals surface area contributed by atoms with Crippen LogP contribution in [0.25, 0.3) is 11.2 Å². The smallest absolute Gasteiger partial charge is 0.280 e. The minimum absolute atomic E-state index is 0.0212. The number of amides is 1. The number of benzene rings is 1. The summed E-state index contributed by atoms with van der Waals surface area (Å²) in [7, 11) is 0. The van der Waals surface area contributed by atoms with Crippen LogP contribution in [-0.4, -0.2) is 37.7 Å². The van der Waals surface area contributed by atoms with Gasteiger partial charge in [-0.2, -0.15) is 4.98 Å². The number of allylic oxidation sites excluding steroid dienone is 1. The summed E-state index contributed by atoms with van der Waals surface area (Å²) in [5, 5.41) is 5.87. The van der Waals surface area contributed by atoms with Crippen molar-refractivity contribution >= 4 is 34.5 Å². The molecule has 0 aliphatic heterocycles. The number of aromatic amines is 1. The number of nitrogen functional groups attached to an aromatic ring is 1. The Bertz CT molecular complexity index is 1250. The van der Waals surface area contributed by atoms with E-state index < -0.39 is 11.6 Å². The molecule has 0 saturated heterocycles. The summed E-state index contributed by atoms with van der Waals surface area (Å²) in [5.41, 5.74) is 7.65. The molecule has 1 amide bonds. The van der Waals surface area contributed by atoms with Crippen molar-refractivity contribution in [1.82, 2.24) is 25.3 Å². The molecule has 0 aliphatic rings. The predicted octanol–water partition coefficient (Wildman–Crippen LogP) is 1.73. The highest BCUT2D eigenvalue weighted by Gasteiger charge is 2.18. The SMILES string of the molecule is C=CC(=C)C[C@H](NC(=O)c1ccc(NCc2cnc3nc(N)[nH]c(=O)c3n2)cc1)C(C)=O. The van der Waals surface area contributed by atoms with Crippen LogP contribution in [0.5, 0.6) is 0 Å². The van der Waals surface area contributed by atoms with Gasteiger partial charge in [0.05, 0.1) is 24.5 Å². The van der Waals surface area contributed by atoms with Crippen molar-refractivity contribution in [2.75, 3.05) is 11.1 Å². The van der Waals surface area contributed by atoms with Gasteiger partial charge in [0.25, 0.3) is 11.5 Å². The highest BCUT2D eigenvalue weighted by atomic mass is 16.2. The quantitative estimate of drug-likeness (QED) is 0.372. The Morgan fingerprint density at radius 1 is 1.25 bits per heavy atom. The number of ketones is 1. The van der Waals surface area contributed by atoms with Crippen molar-refractivity contribution in [3.8, 4) is 0 Å². The number of Topliss-reactive ketones (excluding diaryl/α,β-unsaturated/α-hetero) is 1. The molecule has 5 N–H and O–H groups in total. The summed E-state index contributed by atoms with van der Waals surface area (Å²) >= 11 is 0. The molecule has 1 aromatic carbocycles. The molecule has 1 atom stereocenters. The molecule has 10 nitrogen and oxygen atoms in total. The first-order valence-corrected chi connectivity index (χ1v) is 9.73. The van der Waals surface area contributed by atoms with Crippen molar-refractivity contribution in [3.05, 3.63) is 76.9 Å². The van der Waals surface area contributed by atoms with Gasteiger partial charge in [0, 0.05) is 11.3 Å². The van der Waals surface area contributed by atoms with Gasteiger partial charge in [0.1, 0.15) is 0 Å². The summed E-state index contributed by atoms with van der Waals surface area (Å²) in [6.45, 7) is 9.13. The molecule has 0 saturated carbocycles. The standard InChI is InChI=1S/C22H23N7O3/c1-4-12(2)9-17(13(3)30)27-20(31)14-5-7-15(8-6-14)24-10-16-11-25-19-18(26-16)21(32)29-22(23)28-19/h4-8,11,17,24H,1-2,9-10H2,3H3,(H,27,31)(H3,23,25,28,29,32)/t17-/m0/s1. The van der Waals surface area contributed by atoms with Gasteiger partial charge in [-0.1, -0.05) is 24.8 Å². The maximum Gasteiger partial charge on any atom is 0.280 e. The lowest BCUT2D eigenvalue weighted by Gasteiger charge is -2.16. The molecule has 0 bridgehead atoms. The number of aromatic nitrogens is 4. The zero-order valence-electron chi connectivity index (χ0n) is 17.5. The van der Waals surface area contributed by atoms with E-state index in [4.69, 9.17) is 5.73 Å². The van der Waals surface area contributed by atoms with E-state index in [1.165, 1.54) is 13.1 Å². The van der Waals surface area contributed by atoms with Crippen molar-refractivity contribution < 1.29 is 9.59 Å². The van der Waals surface area contributed by atoms with Crippen LogP contribution in [-0.2, 0) is 11.3 Å². The Kier molecular flexibility index (Phi) is 6.74. The van der Waals surface area contributed by atoms with E-state index in [1.807, 2.05) is 0 Å². The number of hydrogen-bond donors (Lipinski definition) is 4. The normalized spacial score (nSPS) is 11.5. The average molecular weight is 433 g/mol. The zero-order chi connectivity index (χ0) is 23.3. The molecule has 0 spiro atoms. The Hall–Kier alpha value is -4.34. The molecular formula is C22H23N7O3. The number of hydrogen-bond acceptors (Lipinski definition) is 8. The van der Waals surface area contributed by atoms with E-state index in [2.05, 4.69) is 43.7 Å². The van der Waals surface area contributed by atoms with Crippen molar-refractivity contribution in [2.24, 2.45) is 0 Å². The number of fused-ring (bicyclic) bond motifs is 1. The number of carbonyl (C=O) groups is 2. The van der Waals surface area contributed by atoms with Crippen LogP contribution in [0.15, 0.2) is 60.1 Å². The van der Waals surface area contributed by atoms with Gasteiger partial charge in [-0.3, -0.25) is 19.4 Å². The maximum absolute atomic E-state index is 12.5. The van der Waals surface area contributed by atoms with Crippen LogP contribution >= 0.6 is 0 Å². The Labute approximate surface area is 183 Å². The minimum Gasteiger partial charge on any atom is -0.379 e. The third-order valence-corrected chi connectivity index (χ3v) is 4.66. The molecule has 2 aromatic heterocycles. The van der Waals surface area contributed by atoms with Gasteiger partial charge >= 0.3 is 0 Å². The molecule has 0 aliphatic carbocycles. The number of nitrogens with zero attached hydrogens (tertiary/aromatic N) is 3. The number of nitrogens with one attached hydrogen (secondary N) is 3. The molecule has 0 unspecified atom stereocenters. The highest BCUT2D eigenvalue weighted by Crippen LogP contribution is 2.13. The van der Waals surface area contributed by atoms with E-state index in [0.29, 0.717) is 29.8 Å². The van der Waals surface area contributed by atoms with Crippen molar-refractivity contribution in [2.45, 2.75) is 25.9 Å². The maximum atomic E-state index is 12.5. The molecule has 10 heteroatoms. The van der Waals surface area contributed by atoms with Gasteiger partial charge in [0.15, 0.2) is 16.9 Å². The van der Waals surface area contributed by atoms with Gasteiger partial charge in [-0.15, -0.1) is 0 Å². The van der Waals surface area contributed by atoms with E-state index >= 15 is 0 Å². The van der Waals surface area contributed by atoms with Crippen LogP contribution in [0.3, 0.4) is 0 Å². The topological polar surface area (TPSA) is 156 Å².